The normalized spacial score (nSPS) is 15.9. The molecule has 0 unspecified atom stereocenters. The molecule has 0 N–H and O–H groups in total. The molecule has 27 heavy (non-hydrogen) atoms. The zero-order chi connectivity index (χ0) is 18.4. The van der Waals surface area contributed by atoms with Gasteiger partial charge in [0.15, 0.2) is 11.5 Å². The number of nitrogens with zero attached hydrogens (tertiary/aromatic N) is 2. The van der Waals surface area contributed by atoms with Crippen molar-refractivity contribution in [1.29, 1.82) is 0 Å². The number of carbonyl (C=O) groups excluding carboxylic acids is 1. The third-order valence-corrected chi connectivity index (χ3v) is 5.36. The lowest BCUT2D eigenvalue weighted by Gasteiger charge is -2.26. The maximum atomic E-state index is 12.9. The van der Waals surface area contributed by atoms with Crippen molar-refractivity contribution in [3.05, 3.63) is 65.9 Å². The van der Waals surface area contributed by atoms with E-state index in [2.05, 4.69) is 48.2 Å². The van der Waals surface area contributed by atoms with Gasteiger partial charge in [-0.05, 0) is 36.3 Å². The molecule has 0 aliphatic carbocycles. The Morgan fingerprint density at radius 3 is 2.78 bits per heavy atom. The molecule has 2 aromatic carbocycles. The zero-order valence-corrected chi connectivity index (χ0v) is 15.1. The highest BCUT2D eigenvalue weighted by Crippen LogP contribution is 2.34. The lowest BCUT2D eigenvalue weighted by Crippen LogP contribution is -2.34. The van der Waals surface area contributed by atoms with Gasteiger partial charge >= 0.3 is 0 Å². The van der Waals surface area contributed by atoms with E-state index in [1.165, 1.54) is 22.0 Å². The van der Waals surface area contributed by atoms with E-state index in [4.69, 9.17) is 9.47 Å². The molecular formula is C22H20N2O3. The number of para-hydroxylation sites is 1. The van der Waals surface area contributed by atoms with Gasteiger partial charge in [-0.1, -0.05) is 24.3 Å². The van der Waals surface area contributed by atoms with Crippen LogP contribution in [0.15, 0.2) is 54.7 Å². The van der Waals surface area contributed by atoms with Crippen molar-refractivity contribution in [1.82, 2.24) is 9.47 Å². The van der Waals surface area contributed by atoms with Gasteiger partial charge in [-0.25, -0.2) is 0 Å². The summed E-state index contributed by atoms with van der Waals surface area (Å²) < 4.78 is 12.9. The quantitative estimate of drug-likeness (QED) is 0.697. The van der Waals surface area contributed by atoms with Crippen LogP contribution >= 0.6 is 0 Å². The predicted octanol–water partition coefficient (Wildman–Crippen LogP) is 3.84. The van der Waals surface area contributed by atoms with Crippen molar-refractivity contribution in [2.75, 3.05) is 19.9 Å². The van der Waals surface area contributed by atoms with E-state index in [9.17, 15) is 4.79 Å². The molecule has 1 aromatic heterocycles. The number of hydrogen-bond acceptors (Lipinski definition) is 3. The summed E-state index contributed by atoms with van der Waals surface area (Å²) in [5, 5.41) is 1.27. The van der Waals surface area contributed by atoms with Gasteiger partial charge in [-0.3, -0.25) is 4.79 Å². The molecule has 0 radical (unpaired) electrons. The van der Waals surface area contributed by atoms with Crippen LogP contribution in [0, 0.1) is 0 Å². The number of carbonyl (C=O) groups is 1. The lowest BCUT2D eigenvalue weighted by molar-refractivity contribution is 0.0772. The summed E-state index contributed by atoms with van der Waals surface area (Å²) in [6.07, 6.45) is 5.21. The first-order valence-electron chi connectivity index (χ1n) is 9.13. The van der Waals surface area contributed by atoms with E-state index in [0.717, 1.165) is 6.42 Å². The highest BCUT2D eigenvalue weighted by molar-refractivity contribution is 5.97. The molecule has 0 atom stereocenters. The van der Waals surface area contributed by atoms with Gasteiger partial charge in [-0.15, -0.1) is 0 Å². The Labute approximate surface area is 157 Å². The molecule has 5 nitrogen and oxygen atoms in total. The van der Waals surface area contributed by atoms with Crippen molar-refractivity contribution in [3.63, 3.8) is 0 Å². The fourth-order valence-electron chi connectivity index (χ4n) is 3.91. The van der Waals surface area contributed by atoms with Crippen LogP contribution in [-0.2, 0) is 7.05 Å². The molecule has 0 fully saturated rings. The van der Waals surface area contributed by atoms with E-state index in [1.54, 1.807) is 18.2 Å². The Bertz CT molecular complexity index is 1080. The molecule has 2 aliphatic heterocycles. The minimum atomic E-state index is 0.0292. The molecule has 0 spiro atoms. The number of aryl methyl sites for hydroxylation is 1. The molecule has 5 rings (SSSR count). The largest absolute Gasteiger partial charge is 0.454 e. The first-order valence-corrected chi connectivity index (χ1v) is 9.13. The van der Waals surface area contributed by atoms with Crippen molar-refractivity contribution in [3.8, 4) is 11.5 Å². The van der Waals surface area contributed by atoms with Crippen LogP contribution < -0.4 is 9.47 Å². The van der Waals surface area contributed by atoms with Gasteiger partial charge in [0.1, 0.15) is 0 Å². The molecule has 2 aliphatic rings. The molecular weight excluding hydrogens is 340 g/mol. The number of fused-ring (bicyclic) bond motifs is 2. The maximum absolute atomic E-state index is 12.9. The number of aromatic nitrogens is 1. The van der Waals surface area contributed by atoms with Crippen LogP contribution in [0.1, 0.15) is 22.3 Å². The Balaban J connectivity index is 1.38. The average Bonchev–Trinajstić information content (AvgIpc) is 3.32. The molecule has 3 aromatic rings. The van der Waals surface area contributed by atoms with Crippen LogP contribution in [0.3, 0.4) is 0 Å². The lowest BCUT2D eigenvalue weighted by atomic mass is 9.98. The number of hydrogen-bond donors (Lipinski definition) is 0. The minimum Gasteiger partial charge on any atom is -0.454 e. The molecule has 3 heterocycles. The highest BCUT2D eigenvalue weighted by Gasteiger charge is 2.23. The summed E-state index contributed by atoms with van der Waals surface area (Å²) >= 11 is 0. The van der Waals surface area contributed by atoms with E-state index in [-0.39, 0.29) is 12.7 Å². The van der Waals surface area contributed by atoms with Crippen LogP contribution in [0.4, 0.5) is 0 Å². The van der Waals surface area contributed by atoms with Gasteiger partial charge < -0.3 is 18.9 Å². The van der Waals surface area contributed by atoms with Crippen LogP contribution in [0.2, 0.25) is 0 Å². The molecule has 0 saturated heterocycles. The summed E-state index contributed by atoms with van der Waals surface area (Å²) in [5.74, 6) is 1.37. The summed E-state index contributed by atoms with van der Waals surface area (Å²) in [7, 11) is 2.07. The summed E-state index contributed by atoms with van der Waals surface area (Å²) in [6.45, 7) is 1.54. The number of amides is 1. The minimum absolute atomic E-state index is 0.0292. The van der Waals surface area contributed by atoms with Gasteiger partial charge in [0.2, 0.25) is 6.79 Å². The molecule has 5 heteroatoms. The zero-order valence-electron chi connectivity index (χ0n) is 15.1. The Morgan fingerprint density at radius 1 is 1.07 bits per heavy atom. The van der Waals surface area contributed by atoms with Crippen LogP contribution in [0.5, 0.6) is 11.5 Å². The Morgan fingerprint density at radius 2 is 1.93 bits per heavy atom. The third kappa shape index (κ3) is 2.67. The monoisotopic (exact) mass is 360 g/mol. The van der Waals surface area contributed by atoms with E-state index < -0.39 is 0 Å². The number of benzene rings is 2. The Kier molecular flexibility index (Phi) is 3.67. The van der Waals surface area contributed by atoms with Crippen molar-refractivity contribution in [2.45, 2.75) is 6.42 Å². The maximum Gasteiger partial charge on any atom is 0.254 e. The topological polar surface area (TPSA) is 43.7 Å². The third-order valence-electron chi connectivity index (χ3n) is 5.36. The van der Waals surface area contributed by atoms with Gasteiger partial charge in [0, 0.05) is 48.4 Å². The smallest absolute Gasteiger partial charge is 0.254 e. The Hall–Kier alpha value is -3.21. The van der Waals surface area contributed by atoms with E-state index in [0.29, 0.717) is 30.2 Å². The fraction of sp³-hybridized carbons (Fsp3) is 0.227. The first-order chi connectivity index (χ1) is 13.2. The van der Waals surface area contributed by atoms with Gasteiger partial charge in [0.05, 0.1) is 0 Å². The first kappa shape index (κ1) is 16.0. The summed E-state index contributed by atoms with van der Waals surface area (Å²) in [6, 6.07) is 13.8. The molecule has 0 saturated carbocycles. The van der Waals surface area contributed by atoms with E-state index in [1.807, 2.05) is 4.90 Å². The molecule has 0 bridgehead atoms. The molecule has 136 valence electrons. The van der Waals surface area contributed by atoms with E-state index >= 15 is 0 Å². The van der Waals surface area contributed by atoms with Crippen molar-refractivity contribution < 1.29 is 14.3 Å². The average molecular weight is 360 g/mol. The van der Waals surface area contributed by atoms with Gasteiger partial charge in [-0.2, -0.15) is 0 Å². The standard InChI is InChI=1S/C22H20N2O3/c1-23-13-18(17-4-2-3-5-19(17)23)15-8-10-24(11-9-15)22(25)16-6-7-20-21(12-16)27-14-26-20/h2-8,12-13H,9-11,14H2,1H3. The van der Waals surface area contributed by atoms with Gasteiger partial charge in [0.25, 0.3) is 5.91 Å². The van der Waals surface area contributed by atoms with Crippen molar-refractivity contribution in [2.24, 2.45) is 7.05 Å². The SMILES string of the molecule is Cn1cc(C2=CCN(C(=O)c3ccc4c(c3)OCO4)CC2)c2ccccc21. The second kappa shape index (κ2) is 6.20. The fourth-order valence-corrected chi connectivity index (χ4v) is 3.91. The summed E-state index contributed by atoms with van der Waals surface area (Å²) in [5.41, 5.74) is 4.44. The number of ether oxygens (including phenoxy) is 2. The van der Waals surface area contributed by atoms with Crippen LogP contribution in [0.25, 0.3) is 16.5 Å². The van der Waals surface area contributed by atoms with Crippen molar-refractivity contribution >= 4 is 22.4 Å². The molecule has 1 amide bonds. The number of rotatable bonds is 2. The second-order valence-corrected chi connectivity index (χ2v) is 6.97. The predicted molar refractivity (Wildman–Crippen MR) is 104 cm³/mol. The van der Waals surface area contributed by atoms with Crippen LogP contribution in [-0.4, -0.2) is 35.3 Å². The summed E-state index contributed by atoms with van der Waals surface area (Å²) in [4.78, 5) is 14.7. The second-order valence-electron chi connectivity index (χ2n) is 6.97. The highest BCUT2D eigenvalue weighted by atomic mass is 16.7.